The minimum atomic E-state index is -0.0987. The summed E-state index contributed by atoms with van der Waals surface area (Å²) < 4.78 is 13.5. The topological polar surface area (TPSA) is 12.0 Å². The lowest BCUT2D eigenvalue weighted by atomic mass is 9.71. The van der Waals surface area contributed by atoms with E-state index in [0.717, 1.165) is 11.5 Å². The number of benzene rings is 1. The van der Waals surface area contributed by atoms with Gasteiger partial charge in [-0.15, -0.1) is 0 Å². The standard InChI is InChI=1S/C17H26FN/c1-17(2,3)14-8-10-15(11-9-14)19-12-13-6-4-5-7-16(13)18/h4-7,14-15,19H,8-12H2,1-3H3. The van der Waals surface area contributed by atoms with E-state index in [4.69, 9.17) is 0 Å². The first-order chi connectivity index (χ1) is 8.97. The zero-order chi connectivity index (χ0) is 13.9. The molecule has 1 saturated carbocycles. The summed E-state index contributed by atoms with van der Waals surface area (Å²) in [5, 5.41) is 3.51. The number of hydrogen-bond donors (Lipinski definition) is 1. The maximum absolute atomic E-state index is 13.5. The van der Waals surface area contributed by atoms with Crippen molar-refractivity contribution >= 4 is 0 Å². The second-order valence-corrected chi connectivity index (χ2v) is 6.89. The van der Waals surface area contributed by atoms with Crippen LogP contribution >= 0.6 is 0 Å². The third-order valence-electron chi connectivity index (χ3n) is 4.49. The lowest BCUT2D eigenvalue weighted by Crippen LogP contribution is -2.36. The lowest BCUT2D eigenvalue weighted by molar-refractivity contribution is 0.159. The van der Waals surface area contributed by atoms with E-state index in [9.17, 15) is 4.39 Å². The van der Waals surface area contributed by atoms with Gasteiger partial charge in [0.2, 0.25) is 0 Å². The van der Waals surface area contributed by atoms with Gasteiger partial charge in [0.05, 0.1) is 0 Å². The van der Waals surface area contributed by atoms with Crippen molar-refractivity contribution in [3.8, 4) is 0 Å². The summed E-state index contributed by atoms with van der Waals surface area (Å²) >= 11 is 0. The minimum absolute atomic E-state index is 0.0987. The van der Waals surface area contributed by atoms with Gasteiger partial charge < -0.3 is 5.32 Å². The van der Waals surface area contributed by atoms with Crippen LogP contribution in [0.2, 0.25) is 0 Å². The van der Waals surface area contributed by atoms with Gasteiger partial charge in [0.1, 0.15) is 5.82 Å². The highest BCUT2D eigenvalue weighted by molar-refractivity contribution is 5.17. The summed E-state index contributed by atoms with van der Waals surface area (Å²) in [4.78, 5) is 0. The third-order valence-corrected chi connectivity index (χ3v) is 4.49. The van der Waals surface area contributed by atoms with E-state index in [1.54, 1.807) is 6.07 Å². The minimum Gasteiger partial charge on any atom is -0.310 e. The molecule has 1 N–H and O–H groups in total. The molecular weight excluding hydrogens is 237 g/mol. The predicted octanol–water partition coefficient (Wildman–Crippen LogP) is 4.52. The van der Waals surface area contributed by atoms with Gasteiger partial charge in [0.25, 0.3) is 0 Å². The molecule has 0 aromatic heterocycles. The molecule has 0 bridgehead atoms. The monoisotopic (exact) mass is 263 g/mol. The van der Waals surface area contributed by atoms with Crippen LogP contribution in [0.5, 0.6) is 0 Å². The van der Waals surface area contributed by atoms with E-state index in [1.807, 2.05) is 12.1 Å². The van der Waals surface area contributed by atoms with E-state index >= 15 is 0 Å². The molecule has 2 rings (SSSR count). The fourth-order valence-corrected chi connectivity index (χ4v) is 3.06. The van der Waals surface area contributed by atoms with E-state index < -0.39 is 0 Å². The Labute approximate surface area is 116 Å². The van der Waals surface area contributed by atoms with Crippen molar-refractivity contribution in [2.75, 3.05) is 0 Å². The summed E-state index contributed by atoms with van der Waals surface area (Å²) in [5.74, 6) is 0.734. The van der Waals surface area contributed by atoms with Crippen LogP contribution in [-0.2, 0) is 6.54 Å². The van der Waals surface area contributed by atoms with Gasteiger partial charge in [0, 0.05) is 18.2 Å². The van der Waals surface area contributed by atoms with Crippen LogP contribution in [0.3, 0.4) is 0 Å². The Balaban J connectivity index is 1.79. The number of nitrogens with one attached hydrogen (secondary N) is 1. The SMILES string of the molecule is CC(C)(C)C1CCC(NCc2ccccc2F)CC1. The van der Waals surface area contributed by atoms with Gasteiger partial charge in [-0.25, -0.2) is 4.39 Å². The highest BCUT2D eigenvalue weighted by Gasteiger charge is 2.29. The zero-order valence-corrected chi connectivity index (χ0v) is 12.4. The Kier molecular flexibility index (Phi) is 4.62. The second kappa shape index (κ2) is 6.04. The van der Waals surface area contributed by atoms with Gasteiger partial charge in [0.15, 0.2) is 0 Å². The zero-order valence-electron chi connectivity index (χ0n) is 12.4. The maximum Gasteiger partial charge on any atom is 0.127 e. The van der Waals surface area contributed by atoms with Crippen LogP contribution in [0.1, 0.15) is 52.0 Å². The van der Waals surface area contributed by atoms with Crippen molar-refractivity contribution in [2.24, 2.45) is 11.3 Å². The Hall–Kier alpha value is -0.890. The molecule has 0 heterocycles. The molecule has 0 atom stereocenters. The highest BCUT2D eigenvalue weighted by Crippen LogP contribution is 2.37. The molecule has 0 unspecified atom stereocenters. The Bertz CT molecular complexity index is 400. The van der Waals surface area contributed by atoms with Crippen molar-refractivity contribution in [3.63, 3.8) is 0 Å². The van der Waals surface area contributed by atoms with Crippen LogP contribution in [0.15, 0.2) is 24.3 Å². The highest BCUT2D eigenvalue weighted by atomic mass is 19.1. The van der Waals surface area contributed by atoms with Crippen LogP contribution in [0, 0.1) is 17.2 Å². The first-order valence-corrected chi connectivity index (χ1v) is 7.43. The molecule has 1 aromatic carbocycles. The Morgan fingerprint density at radius 3 is 2.32 bits per heavy atom. The summed E-state index contributed by atoms with van der Waals surface area (Å²) in [6.07, 6.45) is 5.02. The smallest absolute Gasteiger partial charge is 0.127 e. The molecule has 0 saturated heterocycles. The molecular formula is C17H26FN. The normalized spacial score (nSPS) is 24.4. The Morgan fingerprint density at radius 2 is 1.74 bits per heavy atom. The summed E-state index contributed by atoms with van der Waals surface area (Å²) in [5.41, 5.74) is 1.21. The van der Waals surface area contributed by atoms with Crippen molar-refractivity contribution in [3.05, 3.63) is 35.6 Å². The van der Waals surface area contributed by atoms with Crippen molar-refractivity contribution in [1.82, 2.24) is 5.32 Å². The molecule has 106 valence electrons. The number of hydrogen-bond acceptors (Lipinski definition) is 1. The third kappa shape index (κ3) is 4.04. The van der Waals surface area contributed by atoms with Crippen molar-refractivity contribution in [1.29, 1.82) is 0 Å². The largest absolute Gasteiger partial charge is 0.310 e. The van der Waals surface area contributed by atoms with Crippen molar-refractivity contribution < 1.29 is 4.39 Å². The molecule has 1 nitrogen and oxygen atoms in total. The summed E-state index contributed by atoms with van der Waals surface area (Å²) in [7, 11) is 0. The molecule has 1 fully saturated rings. The van der Waals surface area contributed by atoms with Gasteiger partial charge in [-0.2, -0.15) is 0 Å². The van der Waals surface area contributed by atoms with Crippen LogP contribution in [0.25, 0.3) is 0 Å². The molecule has 0 aliphatic heterocycles. The molecule has 1 aliphatic rings. The van der Waals surface area contributed by atoms with Crippen LogP contribution < -0.4 is 5.32 Å². The number of halogens is 1. The average molecular weight is 263 g/mol. The molecule has 0 radical (unpaired) electrons. The van der Waals surface area contributed by atoms with E-state index in [0.29, 0.717) is 18.0 Å². The van der Waals surface area contributed by atoms with Gasteiger partial charge in [-0.05, 0) is 43.1 Å². The maximum atomic E-state index is 13.5. The van der Waals surface area contributed by atoms with Gasteiger partial charge >= 0.3 is 0 Å². The molecule has 2 heteroatoms. The van der Waals surface area contributed by atoms with Crippen LogP contribution in [-0.4, -0.2) is 6.04 Å². The first-order valence-electron chi connectivity index (χ1n) is 7.43. The van der Waals surface area contributed by atoms with E-state index in [-0.39, 0.29) is 5.82 Å². The fourth-order valence-electron chi connectivity index (χ4n) is 3.06. The first kappa shape index (κ1) is 14.5. The van der Waals surface area contributed by atoms with Crippen molar-refractivity contribution in [2.45, 2.75) is 59.0 Å². The van der Waals surface area contributed by atoms with Gasteiger partial charge in [-0.1, -0.05) is 39.0 Å². The average Bonchev–Trinajstić information content (AvgIpc) is 2.37. The van der Waals surface area contributed by atoms with Crippen LogP contribution in [0.4, 0.5) is 4.39 Å². The molecule has 0 spiro atoms. The molecule has 19 heavy (non-hydrogen) atoms. The van der Waals surface area contributed by atoms with E-state index in [1.165, 1.54) is 31.7 Å². The summed E-state index contributed by atoms with van der Waals surface area (Å²) in [6.45, 7) is 7.66. The quantitative estimate of drug-likeness (QED) is 0.845. The summed E-state index contributed by atoms with van der Waals surface area (Å²) in [6, 6.07) is 7.60. The molecule has 1 aliphatic carbocycles. The molecule has 0 amide bonds. The second-order valence-electron chi connectivity index (χ2n) is 6.89. The fraction of sp³-hybridized carbons (Fsp3) is 0.647. The Morgan fingerprint density at radius 1 is 1.11 bits per heavy atom. The predicted molar refractivity (Wildman–Crippen MR) is 78.4 cm³/mol. The van der Waals surface area contributed by atoms with Gasteiger partial charge in [-0.3, -0.25) is 0 Å². The molecule has 1 aromatic rings. The number of rotatable bonds is 3. The van der Waals surface area contributed by atoms with E-state index in [2.05, 4.69) is 26.1 Å². The lowest BCUT2D eigenvalue weighted by Gasteiger charge is -2.37.